The van der Waals surface area contributed by atoms with E-state index in [9.17, 15) is 9.59 Å². The van der Waals surface area contributed by atoms with E-state index in [0.717, 1.165) is 0 Å². The van der Waals surface area contributed by atoms with Crippen LogP contribution in [0.1, 0.15) is 16.3 Å². The van der Waals surface area contributed by atoms with Gasteiger partial charge >= 0.3 is 0 Å². The molecule has 0 saturated heterocycles. The highest BCUT2D eigenvalue weighted by atomic mass is 16.4. The van der Waals surface area contributed by atoms with Crippen molar-refractivity contribution < 1.29 is 9.21 Å². The number of nitrogens with one attached hydrogen (secondary N) is 1. The van der Waals surface area contributed by atoms with E-state index in [2.05, 4.69) is 15.3 Å². The standard InChI is InChI=1S/C14H12N4O3/c1-15-13(19)11-5-4-9(21-11)7-18-8-17-10-3-2-6-16-12(10)14(18)20/h2-6,8H,7H2,1H3,(H,15,19). The van der Waals surface area contributed by atoms with Crippen LogP contribution in [0.2, 0.25) is 0 Å². The van der Waals surface area contributed by atoms with Gasteiger partial charge in [0, 0.05) is 13.2 Å². The maximum absolute atomic E-state index is 12.3. The highest BCUT2D eigenvalue weighted by Crippen LogP contribution is 2.09. The predicted octanol–water partition coefficient (Wildman–Crippen LogP) is 0.792. The number of carbonyl (C=O) groups is 1. The summed E-state index contributed by atoms with van der Waals surface area (Å²) in [5.74, 6) is 0.382. The third kappa shape index (κ3) is 2.40. The first-order valence-corrected chi connectivity index (χ1v) is 6.30. The molecule has 3 aromatic heterocycles. The Morgan fingerprint density at radius 1 is 1.33 bits per heavy atom. The van der Waals surface area contributed by atoms with E-state index in [1.54, 1.807) is 30.5 Å². The third-order valence-corrected chi connectivity index (χ3v) is 3.02. The summed E-state index contributed by atoms with van der Waals surface area (Å²) in [5.41, 5.74) is 0.598. The maximum atomic E-state index is 12.3. The molecule has 106 valence electrons. The Morgan fingerprint density at radius 2 is 2.19 bits per heavy atom. The highest BCUT2D eigenvalue weighted by Gasteiger charge is 2.11. The van der Waals surface area contributed by atoms with Gasteiger partial charge in [0.1, 0.15) is 5.76 Å². The molecule has 0 unspecified atom stereocenters. The van der Waals surface area contributed by atoms with Crippen LogP contribution in [0.25, 0.3) is 11.0 Å². The second-order valence-electron chi connectivity index (χ2n) is 4.39. The molecular weight excluding hydrogens is 272 g/mol. The van der Waals surface area contributed by atoms with E-state index < -0.39 is 0 Å². The van der Waals surface area contributed by atoms with Crippen molar-refractivity contribution in [3.05, 3.63) is 58.7 Å². The van der Waals surface area contributed by atoms with Crippen LogP contribution in [-0.4, -0.2) is 27.5 Å². The first-order valence-electron chi connectivity index (χ1n) is 6.30. The van der Waals surface area contributed by atoms with Crippen LogP contribution in [0.4, 0.5) is 0 Å². The van der Waals surface area contributed by atoms with Crippen LogP contribution >= 0.6 is 0 Å². The number of pyridine rings is 1. The molecule has 0 aliphatic heterocycles. The van der Waals surface area contributed by atoms with E-state index in [-0.39, 0.29) is 23.8 Å². The van der Waals surface area contributed by atoms with Crippen LogP contribution in [0.5, 0.6) is 0 Å². The van der Waals surface area contributed by atoms with Crippen molar-refractivity contribution in [3.8, 4) is 0 Å². The van der Waals surface area contributed by atoms with E-state index in [1.165, 1.54) is 17.9 Å². The minimum Gasteiger partial charge on any atom is -0.454 e. The van der Waals surface area contributed by atoms with E-state index in [4.69, 9.17) is 4.42 Å². The second-order valence-corrected chi connectivity index (χ2v) is 4.39. The molecule has 0 saturated carbocycles. The summed E-state index contributed by atoms with van der Waals surface area (Å²) in [5, 5.41) is 2.47. The summed E-state index contributed by atoms with van der Waals surface area (Å²) in [4.78, 5) is 31.9. The number of rotatable bonds is 3. The monoisotopic (exact) mass is 284 g/mol. The SMILES string of the molecule is CNC(=O)c1ccc(Cn2cnc3cccnc3c2=O)o1. The summed E-state index contributed by atoms with van der Waals surface area (Å²) in [6, 6.07) is 6.66. The van der Waals surface area contributed by atoms with Crippen molar-refractivity contribution in [2.24, 2.45) is 0 Å². The summed E-state index contributed by atoms with van der Waals surface area (Å²) in [6.45, 7) is 0.190. The fourth-order valence-corrected chi connectivity index (χ4v) is 1.97. The summed E-state index contributed by atoms with van der Waals surface area (Å²) < 4.78 is 6.78. The molecule has 0 atom stereocenters. The summed E-state index contributed by atoms with van der Waals surface area (Å²) in [6.07, 6.45) is 2.99. The van der Waals surface area contributed by atoms with Gasteiger partial charge in [0.15, 0.2) is 11.3 Å². The zero-order valence-corrected chi connectivity index (χ0v) is 11.2. The van der Waals surface area contributed by atoms with Gasteiger partial charge in [-0.2, -0.15) is 0 Å². The average molecular weight is 284 g/mol. The number of hydrogen-bond acceptors (Lipinski definition) is 5. The molecule has 0 fully saturated rings. The van der Waals surface area contributed by atoms with Crippen LogP contribution in [0.15, 0.2) is 46.0 Å². The number of fused-ring (bicyclic) bond motifs is 1. The predicted molar refractivity (Wildman–Crippen MR) is 75.0 cm³/mol. The first kappa shape index (κ1) is 13.0. The van der Waals surface area contributed by atoms with Gasteiger partial charge in [0.05, 0.1) is 18.4 Å². The lowest BCUT2D eigenvalue weighted by atomic mass is 10.3. The number of amides is 1. The second kappa shape index (κ2) is 5.20. The Hall–Kier alpha value is -2.96. The van der Waals surface area contributed by atoms with E-state index in [1.807, 2.05) is 0 Å². The van der Waals surface area contributed by atoms with Gasteiger partial charge in [-0.15, -0.1) is 0 Å². The van der Waals surface area contributed by atoms with Crippen molar-refractivity contribution >= 4 is 16.9 Å². The Labute approximate surface area is 119 Å². The van der Waals surface area contributed by atoms with Crippen molar-refractivity contribution in [2.45, 2.75) is 6.54 Å². The minimum atomic E-state index is -0.313. The van der Waals surface area contributed by atoms with Gasteiger partial charge in [-0.25, -0.2) is 9.97 Å². The molecule has 3 aromatic rings. The van der Waals surface area contributed by atoms with Gasteiger partial charge in [-0.1, -0.05) is 0 Å². The third-order valence-electron chi connectivity index (χ3n) is 3.02. The summed E-state index contributed by atoms with van der Waals surface area (Å²) in [7, 11) is 1.52. The number of furan rings is 1. The van der Waals surface area contributed by atoms with Crippen molar-refractivity contribution in [2.75, 3.05) is 7.05 Å². The number of aromatic nitrogens is 3. The minimum absolute atomic E-state index is 0.190. The Bertz CT molecular complexity index is 866. The number of carbonyl (C=O) groups excluding carboxylic acids is 1. The topological polar surface area (TPSA) is 90.0 Å². The number of nitrogens with zero attached hydrogens (tertiary/aromatic N) is 3. The smallest absolute Gasteiger partial charge is 0.286 e. The average Bonchev–Trinajstić information content (AvgIpc) is 2.98. The molecule has 0 aliphatic carbocycles. The molecule has 0 aliphatic rings. The fraction of sp³-hybridized carbons (Fsp3) is 0.143. The number of hydrogen-bond donors (Lipinski definition) is 1. The molecule has 21 heavy (non-hydrogen) atoms. The largest absolute Gasteiger partial charge is 0.454 e. The zero-order valence-electron chi connectivity index (χ0n) is 11.2. The van der Waals surface area contributed by atoms with Crippen molar-refractivity contribution in [3.63, 3.8) is 0 Å². The zero-order chi connectivity index (χ0) is 14.8. The van der Waals surface area contributed by atoms with Crippen LogP contribution in [0.3, 0.4) is 0 Å². The van der Waals surface area contributed by atoms with Crippen molar-refractivity contribution in [1.82, 2.24) is 19.9 Å². The Morgan fingerprint density at radius 3 is 3.00 bits per heavy atom. The molecule has 3 heterocycles. The van der Waals surface area contributed by atoms with Gasteiger partial charge in [0.25, 0.3) is 11.5 Å². The molecular formula is C14H12N4O3. The van der Waals surface area contributed by atoms with Crippen LogP contribution in [-0.2, 0) is 6.54 Å². The molecule has 0 radical (unpaired) electrons. The molecule has 0 aromatic carbocycles. The van der Waals surface area contributed by atoms with E-state index in [0.29, 0.717) is 16.8 Å². The molecule has 1 amide bonds. The first-order chi connectivity index (χ1) is 10.2. The van der Waals surface area contributed by atoms with Crippen molar-refractivity contribution in [1.29, 1.82) is 0 Å². The lowest BCUT2D eigenvalue weighted by Gasteiger charge is -2.03. The molecule has 0 spiro atoms. The fourth-order valence-electron chi connectivity index (χ4n) is 1.97. The van der Waals surface area contributed by atoms with Gasteiger partial charge in [-0.05, 0) is 24.3 Å². The van der Waals surface area contributed by atoms with Gasteiger partial charge < -0.3 is 9.73 Å². The Balaban J connectivity index is 1.95. The molecule has 1 N–H and O–H groups in total. The molecule has 7 heteroatoms. The van der Waals surface area contributed by atoms with Crippen LogP contribution in [0, 0.1) is 0 Å². The summed E-state index contributed by atoms with van der Waals surface area (Å²) >= 11 is 0. The van der Waals surface area contributed by atoms with Gasteiger partial charge in [0.2, 0.25) is 0 Å². The molecule has 0 bridgehead atoms. The molecule has 7 nitrogen and oxygen atoms in total. The molecule has 3 rings (SSSR count). The lowest BCUT2D eigenvalue weighted by Crippen LogP contribution is -2.21. The Kier molecular flexibility index (Phi) is 3.23. The lowest BCUT2D eigenvalue weighted by molar-refractivity contribution is 0.0933. The quantitative estimate of drug-likeness (QED) is 0.768. The maximum Gasteiger partial charge on any atom is 0.286 e. The highest BCUT2D eigenvalue weighted by molar-refractivity contribution is 5.91. The van der Waals surface area contributed by atoms with Crippen LogP contribution < -0.4 is 10.9 Å². The normalized spacial score (nSPS) is 10.7. The van der Waals surface area contributed by atoms with E-state index >= 15 is 0 Å². The van der Waals surface area contributed by atoms with Gasteiger partial charge in [-0.3, -0.25) is 14.2 Å².